The van der Waals surface area contributed by atoms with Crippen molar-refractivity contribution in [2.24, 2.45) is 4.99 Å². The predicted molar refractivity (Wildman–Crippen MR) is 143 cm³/mol. The third kappa shape index (κ3) is 5.97. The summed E-state index contributed by atoms with van der Waals surface area (Å²) in [7, 11) is 1.63. The molecular formula is C26H23IN2O3S. The van der Waals surface area contributed by atoms with Gasteiger partial charge in [0, 0.05) is 10.1 Å². The summed E-state index contributed by atoms with van der Waals surface area (Å²) < 4.78 is 12.3. The highest BCUT2D eigenvalue weighted by Gasteiger charge is 2.32. The minimum atomic E-state index is -0.0335. The largest absolute Gasteiger partial charge is 0.497 e. The van der Waals surface area contributed by atoms with Crippen LogP contribution in [0, 0.1) is 3.57 Å². The number of amidine groups is 1. The molecule has 0 N–H and O–H groups in total. The van der Waals surface area contributed by atoms with Gasteiger partial charge in [0.25, 0.3) is 5.91 Å². The van der Waals surface area contributed by atoms with Gasteiger partial charge in [0.1, 0.15) is 18.1 Å². The maximum Gasteiger partial charge on any atom is 0.266 e. The van der Waals surface area contributed by atoms with E-state index in [1.807, 2.05) is 61.5 Å². The number of hydrogen-bond acceptors (Lipinski definition) is 5. The fraction of sp³-hybridized carbons (Fsp3) is 0.154. The minimum Gasteiger partial charge on any atom is -0.497 e. The predicted octanol–water partition coefficient (Wildman–Crippen LogP) is 6.50. The Bertz CT molecular complexity index is 1170. The summed E-state index contributed by atoms with van der Waals surface area (Å²) >= 11 is 3.68. The molecule has 0 saturated carbocycles. The van der Waals surface area contributed by atoms with Crippen molar-refractivity contribution < 1.29 is 14.3 Å². The number of ether oxygens (including phenoxy) is 2. The fourth-order valence-electron chi connectivity index (χ4n) is 3.20. The molecular weight excluding hydrogens is 547 g/mol. The molecule has 4 rings (SSSR count). The van der Waals surface area contributed by atoms with E-state index < -0.39 is 0 Å². The molecule has 1 fully saturated rings. The van der Waals surface area contributed by atoms with Gasteiger partial charge in [-0.1, -0.05) is 24.3 Å². The van der Waals surface area contributed by atoms with E-state index in [1.54, 1.807) is 12.0 Å². The van der Waals surface area contributed by atoms with Crippen LogP contribution in [0.5, 0.6) is 11.5 Å². The first-order valence-electron chi connectivity index (χ1n) is 10.5. The van der Waals surface area contributed by atoms with Gasteiger partial charge < -0.3 is 9.47 Å². The van der Waals surface area contributed by atoms with Crippen LogP contribution in [0.2, 0.25) is 0 Å². The normalized spacial score (nSPS) is 16.0. The molecule has 1 heterocycles. The van der Waals surface area contributed by atoms with Crippen LogP contribution >= 0.6 is 34.4 Å². The van der Waals surface area contributed by atoms with E-state index in [2.05, 4.69) is 51.8 Å². The van der Waals surface area contributed by atoms with E-state index in [9.17, 15) is 4.79 Å². The molecule has 0 atom stereocenters. The number of carbonyl (C=O) groups excluding carboxylic acids is 1. The molecule has 0 bridgehead atoms. The van der Waals surface area contributed by atoms with Crippen LogP contribution < -0.4 is 9.47 Å². The summed E-state index contributed by atoms with van der Waals surface area (Å²) in [5, 5.41) is 0.677. The van der Waals surface area contributed by atoms with Crippen molar-refractivity contribution in [3.8, 4) is 11.5 Å². The van der Waals surface area contributed by atoms with Crippen LogP contribution in [0.3, 0.4) is 0 Å². The Morgan fingerprint density at radius 3 is 2.27 bits per heavy atom. The van der Waals surface area contributed by atoms with Gasteiger partial charge in [0.15, 0.2) is 5.17 Å². The molecule has 7 heteroatoms. The summed E-state index contributed by atoms with van der Waals surface area (Å²) in [4.78, 5) is 19.9. The molecule has 1 aliphatic rings. The molecule has 168 valence electrons. The minimum absolute atomic E-state index is 0.0335. The average Bonchev–Trinajstić information content (AvgIpc) is 3.13. The number of methoxy groups -OCH3 is 1. The van der Waals surface area contributed by atoms with E-state index in [-0.39, 0.29) is 5.91 Å². The maximum absolute atomic E-state index is 12.9. The number of likely N-dealkylation sites (N-methyl/N-ethyl adjacent to an activating group) is 1. The van der Waals surface area contributed by atoms with Gasteiger partial charge in [-0.3, -0.25) is 9.69 Å². The van der Waals surface area contributed by atoms with Gasteiger partial charge in [-0.15, -0.1) is 0 Å². The number of carbonyl (C=O) groups is 1. The number of nitrogens with zero attached hydrogens (tertiary/aromatic N) is 2. The molecule has 0 aliphatic carbocycles. The zero-order chi connectivity index (χ0) is 23.2. The van der Waals surface area contributed by atoms with Gasteiger partial charge in [0.05, 0.1) is 17.7 Å². The lowest BCUT2D eigenvalue weighted by molar-refractivity contribution is -0.122. The lowest BCUT2D eigenvalue weighted by Gasteiger charge is -2.12. The molecule has 0 unspecified atom stereocenters. The van der Waals surface area contributed by atoms with Crippen molar-refractivity contribution >= 4 is 57.2 Å². The van der Waals surface area contributed by atoms with E-state index in [4.69, 9.17) is 9.47 Å². The molecule has 33 heavy (non-hydrogen) atoms. The molecule has 3 aromatic rings. The Labute approximate surface area is 211 Å². The zero-order valence-corrected chi connectivity index (χ0v) is 21.3. The van der Waals surface area contributed by atoms with Gasteiger partial charge in [-0.25, -0.2) is 4.99 Å². The SMILES string of the molecule is CCN1C(=O)/C(=C\c2ccc(OCc3ccc(I)cc3)cc2)SC1=Nc1ccc(OC)cc1. The third-order valence-electron chi connectivity index (χ3n) is 5.00. The smallest absolute Gasteiger partial charge is 0.266 e. The van der Waals surface area contributed by atoms with Gasteiger partial charge in [0.2, 0.25) is 0 Å². The molecule has 1 aliphatic heterocycles. The zero-order valence-electron chi connectivity index (χ0n) is 18.3. The van der Waals surface area contributed by atoms with Crippen molar-refractivity contribution in [2.45, 2.75) is 13.5 Å². The fourth-order valence-corrected chi connectivity index (χ4v) is 4.62. The monoisotopic (exact) mass is 570 g/mol. The Kier molecular flexibility index (Phi) is 7.72. The van der Waals surface area contributed by atoms with E-state index in [0.29, 0.717) is 23.2 Å². The average molecular weight is 570 g/mol. The summed E-state index contributed by atoms with van der Waals surface area (Å²) in [5.41, 5.74) is 2.84. The molecule has 0 aromatic heterocycles. The maximum atomic E-state index is 12.9. The summed E-state index contributed by atoms with van der Waals surface area (Å²) in [6.07, 6.45) is 1.90. The second-order valence-corrected chi connectivity index (χ2v) is 9.49. The van der Waals surface area contributed by atoms with Crippen LogP contribution in [-0.4, -0.2) is 29.6 Å². The number of halogens is 1. The van der Waals surface area contributed by atoms with Crippen LogP contribution in [-0.2, 0) is 11.4 Å². The Morgan fingerprint density at radius 1 is 0.970 bits per heavy atom. The van der Waals surface area contributed by atoms with E-state index in [0.717, 1.165) is 28.3 Å². The van der Waals surface area contributed by atoms with Crippen LogP contribution in [0.15, 0.2) is 82.7 Å². The number of rotatable bonds is 7. The molecule has 1 amide bonds. The van der Waals surface area contributed by atoms with Crippen molar-refractivity contribution in [1.82, 2.24) is 4.90 Å². The van der Waals surface area contributed by atoms with E-state index in [1.165, 1.54) is 15.3 Å². The Hall–Kier alpha value is -2.78. The lowest BCUT2D eigenvalue weighted by Crippen LogP contribution is -2.28. The highest BCUT2D eigenvalue weighted by Crippen LogP contribution is 2.34. The molecule has 0 spiro atoms. The Morgan fingerprint density at radius 2 is 1.64 bits per heavy atom. The summed E-state index contributed by atoms with van der Waals surface area (Å²) in [6.45, 7) is 3.02. The van der Waals surface area contributed by atoms with Crippen molar-refractivity contribution in [2.75, 3.05) is 13.7 Å². The number of aliphatic imine (C=N–C) groups is 1. The molecule has 1 saturated heterocycles. The molecule has 5 nitrogen and oxygen atoms in total. The highest BCUT2D eigenvalue weighted by molar-refractivity contribution is 14.1. The number of amides is 1. The van der Waals surface area contributed by atoms with E-state index >= 15 is 0 Å². The van der Waals surface area contributed by atoms with Crippen molar-refractivity contribution in [1.29, 1.82) is 0 Å². The van der Waals surface area contributed by atoms with Gasteiger partial charge in [-0.05, 0) is 107 Å². The van der Waals surface area contributed by atoms with Gasteiger partial charge >= 0.3 is 0 Å². The number of hydrogen-bond donors (Lipinski definition) is 0. The highest BCUT2D eigenvalue weighted by atomic mass is 127. The van der Waals surface area contributed by atoms with Crippen LogP contribution in [0.25, 0.3) is 6.08 Å². The van der Waals surface area contributed by atoms with Crippen LogP contribution in [0.4, 0.5) is 5.69 Å². The molecule has 0 radical (unpaired) electrons. The third-order valence-corrected chi connectivity index (χ3v) is 6.72. The standard InChI is InChI=1S/C26H23IN2O3S/c1-3-29-25(30)24(33-26(29)28-21-10-14-22(31-2)15-11-21)16-18-6-12-23(13-7-18)32-17-19-4-8-20(27)9-5-19/h4-16H,3,17H2,1-2H3/b24-16+,28-26?. The Balaban J connectivity index is 1.45. The van der Waals surface area contributed by atoms with Crippen LogP contribution in [0.1, 0.15) is 18.1 Å². The summed E-state index contributed by atoms with van der Waals surface area (Å²) in [5.74, 6) is 1.53. The van der Waals surface area contributed by atoms with Crippen molar-refractivity contribution in [3.63, 3.8) is 0 Å². The first kappa shape index (κ1) is 23.4. The molecule has 3 aromatic carbocycles. The summed E-state index contributed by atoms with van der Waals surface area (Å²) in [6, 6.07) is 23.5. The topological polar surface area (TPSA) is 51.1 Å². The first-order chi connectivity index (χ1) is 16.1. The number of benzene rings is 3. The lowest BCUT2D eigenvalue weighted by atomic mass is 10.2. The van der Waals surface area contributed by atoms with Crippen molar-refractivity contribution in [3.05, 3.63) is 92.4 Å². The quantitative estimate of drug-likeness (QED) is 0.240. The second-order valence-electron chi connectivity index (χ2n) is 7.24. The second kappa shape index (κ2) is 10.9. The van der Waals surface area contributed by atoms with Gasteiger partial charge in [-0.2, -0.15) is 0 Å². The first-order valence-corrected chi connectivity index (χ1v) is 12.4. The number of thioether (sulfide) groups is 1.